The van der Waals surface area contributed by atoms with Crippen molar-refractivity contribution in [2.24, 2.45) is 0 Å². The zero-order chi connectivity index (χ0) is 13.1. The largest absolute Gasteiger partial charge is 0.346 e. The van der Waals surface area contributed by atoms with Crippen LogP contribution in [-0.2, 0) is 6.54 Å². The minimum absolute atomic E-state index is 0.263. The Balaban J connectivity index is 2.26. The first-order valence-corrected chi connectivity index (χ1v) is 6.26. The van der Waals surface area contributed by atoms with Crippen LogP contribution in [0.25, 0.3) is 0 Å². The number of rotatable bonds is 4. The minimum atomic E-state index is -0.305. The van der Waals surface area contributed by atoms with Gasteiger partial charge in [0.05, 0.1) is 0 Å². The van der Waals surface area contributed by atoms with Gasteiger partial charge in [-0.05, 0) is 43.8 Å². The first kappa shape index (κ1) is 13.1. The molecule has 0 aliphatic heterocycles. The fourth-order valence-corrected chi connectivity index (χ4v) is 2.17. The van der Waals surface area contributed by atoms with E-state index >= 15 is 0 Å². The number of benzene rings is 1. The zero-order valence-corrected chi connectivity index (χ0v) is 11.2. The van der Waals surface area contributed by atoms with E-state index in [1.165, 1.54) is 17.8 Å². The van der Waals surface area contributed by atoms with E-state index in [1.54, 1.807) is 6.07 Å². The Morgan fingerprint density at radius 1 is 1.39 bits per heavy atom. The molecule has 2 rings (SSSR count). The van der Waals surface area contributed by atoms with Crippen LogP contribution in [0.5, 0.6) is 0 Å². The topological polar surface area (TPSA) is 17.0 Å². The molecule has 2 aromatic rings. The van der Waals surface area contributed by atoms with Crippen LogP contribution in [0.15, 0.2) is 36.5 Å². The summed E-state index contributed by atoms with van der Waals surface area (Å²) in [5.74, 6) is -0.305. The van der Waals surface area contributed by atoms with Crippen molar-refractivity contribution >= 4 is 11.6 Å². The normalized spacial score (nSPS) is 12.7. The highest BCUT2D eigenvalue weighted by molar-refractivity contribution is 6.31. The Bertz CT molecular complexity index is 536. The molecule has 1 N–H and O–H groups in total. The smallest absolute Gasteiger partial charge is 0.124 e. The van der Waals surface area contributed by atoms with Crippen LogP contribution < -0.4 is 5.32 Å². The van der Waals surface area contributed by atoms with Crippen molar-refractivity contribution in [3.05, 3.63) is 58.6 Å². The number of hydrogen-bond acceptors (Lipinski definition) is 1. The molecule has 1 heterocycles. The molecule has 18 heavy (non-hydrogen) atoms. The lowest BCUT2D eigenvalue weighted by atomic mass is 10.2. The van der Waals surface area contributed by atoms with Gasteiger partial charge >= 0.3 is 0 Å². The second-order valence-corrected chi connectivity index (χ2v) is 4.71. The predicted octanol–water partition coefficient (Wildman–Crippen LogP) is 3.61. The Labute approximate surface area is 111 Å². The van der Waals surface area contributed by atoms with E-state index in [-0.39, 0.29) is 11.9 Å². The van der Waals surface area contributed by atoms with Crippen LogP contribution in [0.1, 0.15) is 24.2 Å². The summed E-state index contributed by atoms with van der Waals surface area (Å²) >= 11 is 6.04. The molecular weight excluding hydrogens is 251 g/mol. The molecule has 0 bridgehead atoms. The molecule has 1 atom stereocenters. The second kappa shape index (κ2) is 5.55. The highest BCUT2D eigenvalue weighted by Gasteiger charge is 2.09. The van der Waals surface area contributed by atoms with Crippen molar-refractivity contribution < 1.29 is 4.39 Å². The molecule has 0 aliphatic carbocycles. The van der Waals surface area contributed by atoms with Gasteiger partial charge in [-0.3, -0.25) is 0 Å². The summed E-state index contributed by atoms with van der Waals surface area (Å²) in [5.41, 5.74) is 2.09. The molecule has 0 radical (unpaired) electrons. The lowest BCUT2D eigenvalue weighted by molar-refractivity contribution is 0.588. The monoisotopic (exact) mass is 266 g/mol. The van der Waals surface area contributed by atoms with Gasteiger partial charge in [0.1, 0.15) is 5.82 Å². The summed E-state index contributed by atoms with van der Waals surface area (Å²) in [5, 5.41) is 3.67. The maximum atomic E-state index is 13.0. The van der Waals surface area contributed by atoms with Crippen LogP contribution in [0, 0.1) is 5.82 Å². The van der Waals surface area contributed by atoms with Crippen molar-refractivity contribution in [1.82, 2.24) is 9.88 Å². The molecule has 96 valence electrons. The van der Waals surface area contributed by atoms with Crippen molar-refractivity contribution in [3.8, 4) is 0 Å². The summed E-state index contributed by atoms with van der Waals surface area (Å²) in [7, 11) is 1.92. The van der Waals surface area contributed by atoms with Gasteiger partial charge in [-0.25, -0.2) is 4.39 Å². The molecule has 1 aromatic carbocycles. The molecule has 0 spiro atoms. The fourth-order valence-electron chi connectivity index (χ4n) is 1.95. The third-order valence-electron chi connectivity index (χ3n) is 3.10. The molecule has 0 saturated carbocycles. The lowest BCUT2D eigenvalue weighted by Gasteiger charge is -2.15. The quantitative estimate of drug-likeness (QED) is 0.895. The molecule has 0 aliphatic rings. The molecule has 4 heteroatoms. The SMILES string of the molecule is CNC(C)c1cccn1Cc1ccc(F)cc1Cl. The zero-order valence-electron chi connectivity index (χ0n) is 10.5. The highest BCUT2D eigenvalue weighted by Crippen LogP contribution is 2.21. The van der Waals surface area contributed by atoms with Gasteiger partial charge in [0.15, 0.2) is 0 Å². The maximum absolute atomic E-state index is 13.0. The molecule has 0 saturated heterocycles. The van der Waals surface area contributed by atoms with Gasteiger partial charge in [-0.1, -0.05) is 17.7 Å². The molecule has 0 fully saturated rings. The van der Waals surface area contributed by atoms with Crippen LogP contribution in [0.4, 0.5) is 4.39 Å². The number of hydrogen-bond donors (Lipinski definition) is 1. The summed E-state index contributed by atoms with van der Waals surface area (Å²) in [4.78, 5) is 0. The molecule has 0 amide bonds. The van der Waals surface area contributed by atoms with Gasteiger partial charge in [0, 0.05) is 29.5 Å². The lowest BCUT2D eigenvalue weighted by Crippen LogP contribution is -2.17. The third kappa shape index (κ3) is 2.74. The average Bonchev–Trinajstić information content (AvgIpc) is 2.80. The van der Waals surface area contributed by atoms with E-state index in [0.717, 1.165) is 5.56 Å². The van der Waals surface area contributed by atoms with E-state index in [0.29, 0.717) is 11.6 Å². The second-order valence-electron chi connectivity index (χ2n) is 4.31. The van der Waals surface area contributed by atoms with Gasteiger partial charge in [-0.2, -0.15) is 0 Å². The first-order valence-electron chi connectivity index (χ1n) is 5.88. The third-order valence-corrected chi connectivity index (χ3v) is 3.45. The predicted molar refractivity (Wildman–Crippen MR) is 72.4 cm³/mol. The Kier molecular flexibility index (Phi) is 4.04. The van der Waals surface area contributed by atoms with Crippen molar-refractivity contribution in [2.75, 3.05) is 7.05 Å². The fraction of sp³-hybridized carbons (Fsp3) is 0.286. The van der Waals surface area contributed by atoms with Gasteiger partial charge in [0.2, 0.25) is 0 Å². The molecule has 2 nitrogen and oxygen atoms in total. The van der Waals surface area contributed by atoms with E-state index in [1.807, 2.05) is 19.3 Å². The van der Waals surface area contributed by atoms with E-state index in [9.17, 15) is 4.39 Å². The molecule has 1 unspecified atom stereocenters. The highest BCUT2D eigenvalue weighted by atomic mass is 35.5. The summed E-state index contributed by atoms with van der Waals surface area (Å²) in [6, 6.07) is 8.84. The van der Waals surface area contributed by atoms with Gasteiger partial charge in [0.25, 0.3) is 0 Å². The van der Waals surface area contributed by atoms with Crippen LogP contribution in [0.2, 0.25) is 5.02 Å². The Morgan fingerprint density at radius 3 is 2.83 bits per heavy atom. The standard InChI is InChI=1S/C14H16ClFN2/c1-10(17-2)14-4-3-7-18(14)9-11-5-6-12(16)8-13(11)15/h3-8,10,17H,9H2,1-2H3. The van der Waals surface area contributed by atoms with Gasteiger partial charge in [-0.15, -0.1) is 0 Å². The molecular formula is C14H16ClFN2. The van der Waals surface area contributed by atoms with Crippen LogP contribution >= 0.6 is 11.6 Å². The number of aromatic nitrogens is 1. The van der Waals surface area contributed by atoms with Crippen molar-refractivity contribution in [2.45, 2.75) is 19.5 Å². The molecule has 1 aromatic heterocycles. The first-order chi connectivity index (χ1) is 8.61. The summed E-state index contributed by atoms with van der Waals surface area (Å²) in [6.45, 7) is 2.74. The van der Waals surface area contributed by atoms with Crippen LogP contribution in [0.3, 0.4) is 0 Å². The van der Waals surface area contributed by atoms with Gasteiger partial charge < -0.3 is 9.88 Å². The number of nitrogens with one attached hydrogen (secondary N) is 1. The Hall–Kier alpha value is -1.32. The van der Waals surface area contributed by atoms with Crippen molar-refractivity contribution in [3.63, 3.8) is 0 Å². The Morgan fingerprint density at radius 2 is 2.17 bits per heavy atom. The van der Waals surface area contributed by atoms with Crippen molar-refractivity contribution in [1.29, 1.82) is 0 Å². The van der Waals surface area contributed by atoms with E-state index < -0.39 is 0 Å². The minimum Gasteiger partial charge on any atom is -0.346 e. The number of halogens is 2. The maximum Gasteiger partial charge on any atom is 0.124 e. The summed E-state index contributed by atoms with van der Waals surface area (Å²) in [6.07, 6.45) is 2.00. The van der Waals surface area contributed by atoms with E-state index in [2.05, 4.69) is 22.9 Å². The van der Waals surface area contributed by atoms with E-state index in [4.69, 9.17) is 11.6 Å². The number of nitrogens with zero attached hydrogens (tertiary/aromatic N) is 1. The average molecular weight is 267 g/mol. The summed E-state index contributed by atoms with van der Waals surface area (Å²) < 4.78 is 15.1. The van der Waals surface area contributed by atoms with Crippen LogP contribution in [-0.4, -0.2) is 11.6 Å².